The second-order valence-corrected chi connectivity index (χ2v) is 19.6. The van der Waals surface area contributed by atoms with Gasteiger partial charge in [-0.25, -0.2) is 28.6 Å². The zero-order valence-electron chi connectivity index (χ0n) is 33.9. The lowest BCUT2D eigenvalue weighted by atomic mass is 9.87. The van der Waals surface area contributed by atoms with E-state index in [-0.39, 0.29) is 47.4 Å². The highest BCUT2D eigenvalue weighted by Gasteiger charge is 2.50. The number of hydrogen-bond acceptors (Lipinski definition) is 19. The molecule has 32 heteroatoms. The van der Waals surface area contributed by atoms with Crippen molar-refractivity contribution in [2.45, 2.75) is 83.1 Å². The quantitative estimate of drug-likeness (QED) is 0.0199. The summed E-state index contributed by atoms with van der Waals surface area (Å²) in [6.45, 7) is 3.54. The van der Waals surface area contributed by atoms with E-state index in [9.17, 15) is 57.9 Å². The lowest BCUT2D eigenvalue weighted by Crippen LogP contribution is -2.64. The van der Waals surface area contributed by atoms with Gasteiger partial charge in [-0.05, 0) is 12.8 Å². The number of imidazole rings is 1. The van der Waals surface area contributed by atoms with E-state index >= 15 is 0 Å². The smallest absolute Gasteiger partial charge is 0.386 e. The molecule has 3 heterocycles. The Morgan fingerprint density at radius 3 is 2.44 bits per heavy atom. The van der Waals surface area contributed by atoms with Gasteiger partial charge in [0.05, 0.1) is 19.5 Å². The molecule has 1 saturated heterocycles. The first-order valence-electron chi connectivity index (χ1n) is 18.8. The van der Waals surface area contributed by atoms with E-state index in [1.807, 2.05) is 6.92 Å². The lowest BCUT2D eigenvalue weighted by Gasteiger charge is -2.30. The van der Waals surface area contributed by atoms with Crippen molar-refractivity contribution in [1.82, 2.24) is 35.5 Å². The fraction of sp³-hybridized carbons (Fsp3) is 0.700. The van der Waals surface area contributed by atoms with E-state index in [1.54, 1.807) is 0 Å². The van der Waals surface area contributed by atoms with Crippen LogP contribution in [-0.2, 0) is 50.7 Å². The van der Waals surface area contributed by atoms with E-state index in [0.29, 0.717) is 31.9 Å². The fourth-order valence-corrected chi connectivity index (χ4v) is 8.96. The number of aliphatic hydroxyl groups is 2. The number of nitrogen functional groups attached to an aromatic ring is 1. The molecule has 0 radical (unpaired) electrons. The first-order valence-corrected chi connectivity index (χ1v) is 24.3. The van der Waals surface area contributed by atoms with Crippen LogP contribution in [-0.4, -0.2) is 148 Å². The van der Waals surface area contributed by atoms with E-state index in [2.05, 4.69) is 50.5 Å². The van der Waals surface area contributed by atoms with Gasteiger partial charge >= 0.3 is 23.5 Å². The van der Waals surface area contributed by atoms with Crippen molar-refractivity contribution in [3.05, 3.63) is 12.7 Å². The third kappa shape index (κ3) is 17.1. The normalized spacial score (nSPS) is 21.5. The molecule has 62 heavy (non-hydrogen) atoms. The van der Waals surface area contributed by atoms with E-state index in [1.165, 1.54) is 13.8 Å². The van der Waals surface area contributed by atoms with Crippen molar-refractivity contribution in [2.24, 2.45) is 16.1 Å². The number of phosphoric acid groups is 3. The molecule has 3 rings (SSSR count). The number of carbonyl (C=O) groups is 3. The Kier molecular flexibility index (Phi) is 20.3. The molecule has 1 aliphatic heterocycles. The number of hydrogen-bond donors (Lipinski definition) is 12. The topological polar surface area (TPSA) is 442 Å². The number of carbonyl (C=O) groups excluding carboxylic acids is 3. The molecule has 0 bridgehead atoms. The number of amides is 2. The molecule has 0 saturated carbocycles. The van der Waals surface area contributed by atoms with Crippen molar-refractivity contribution in [3.8, 4) is 0 Å². The maximum atomic E-state index is 12.7. The van der Waals surface area contributed by atoms with Crippen molar-refractivity contribution >= 4 is 75.1 Å². The van der Waals surface area contributed by atoms with Crippen LogP contribution in [0.15, 0.2) is 17.6 Å². The molecular weight excluding hydrogens is 911 g/mol. The first kappa shape index (κ1) is 53.1. The number of phosphoric ester groups is 3. The molecule has 352 valence electrons. The molecule has 8 atom stereocenters. The van der Waals surface area contributed by atoms with Gasteiger partial charge in [0.15, 0.2) is 29.7 Å². The fourth-order valence-electron chi connectivity index (χ4n) is 5.37. The van der Waals surface area contributed by atoms with Gasteiger partial charge in [0, 0.05) is 50.2 Å². The van der Waals surface area contributed by atoms with Gasteiger partial charge in [0.2, 0.25) is 16.9 Å². The van der Waals surface area contributed by atoms with Gasteiger partial charge in [0.25, 0.3) is 0 Å². The van der Waals surface area contributed by atoms with Crippen LogP contribution in [0.5, 0.6) is 0 Å². The SMILES string of the molecule is CCCN=C(N)NCCCC([NH3+])C(=O)SCCNC(=O)CCNC(=O)C(O)C(C)(C)COP(=O)(O)OP(=O)(O)OCC1OC(n2cnc3c(N)ncnc32)C(O)C1OP(=O)(O)O. The summed E-state index contributed by atoms with van der Waals surface area (Å²) in [6.07, 6.45) is -4.93. The van der Waals surface area contributed by atoms with Crippen molar-refractivity contribution in [2.75, 3.05) is 50.9 Å². The second kappa shape index (κ2) is 23.6. The average molecular weight is 967 g/mol. The van der Waals surface area contributed by atoms with Crippen LogP contribution in [0, 0.1) is 5.41 Å². The number of quaternary nitrogens is 1. The van der Waals surface area contributed by atoms with Gasteiger partial charge in [-0.15, -0.1) is 0 Å². The van der Waals surface area contributed by atoms with Gasteiger partial charge in [0.1, 0.15) is 36.3 Å². The third-order valence-electron chi connectivity index (χ3n) is 8.62. The number of ether oxygens (including phenoxy) is 1. The number of nitrogens with one attached hydrogen (secondary N) is 3. The molecule has 2 aromatic rings. The Morgan fingerprint density at radius 1 is 1.06 bits per heavy atom. The molecule has 1 aliphatic rings. The van der Waals surface area contributed by atoms with Gasteiger partial charge < -0.3 is 67.7 Å². The summed E-state index contributed by atoms with van der Waals surface area (Å²) in [5.41, 5.74) is 13.8. The minimum Gasteiger partial charge on any atom is -0.386 e. The van der Waals surface area contributed by atoms with E-state index < -0.39 is 90.6 Å². The standard InChI is InChI=1S/C30H54N11O17P3S/c1-4-8-36-29(33)37-9-5-6-17(31)28(46)62-12-11-34-19(42)7-10-35-26(45)23(44)30(2,3)14-55-61(52,53)58-60(50,51)54-13-18-22(57-59(47,48)49)21(43)27(56-18)41-16-40-20-24(32)38-15-39-25(20)41/h15-18,21-23,27,43-44H,4-14,31H2,1-3H3,(H,34,42)(H,35,45)(H,50,51)(H,52,53)(H2,32,38,39)(H3,33,36,37)(H2,47,48,49)/p+1. The average Bonchev–Trinajstić information content (AvgIpc) is 3.75. The summed E-state index contributed by atoms with van der Waals surface area (Å²) in [6, 6.07) is -0.455. The molecule has 0 aromatic carbocycles. The Balaban J connectivity index is 1.41. The highest BCUT2D eigenvalue weighted by molar-refractivity contribution is 8.13. The molecular formula is C30H55N11O17P3S+. The Labute approximate surface area is 358 Å². The Morgan fingerprint density at radius 2 is 1.76 bits per heavy atom. The molecule has 2 amide bonds. The third-order valence-corrected chi connectivity index (χ3v) is 12.7. The number of guanidine groups is 1. The van der Waals surface area contributed by atoms with Gasteiger partial charge in [-0.2, -0.15) is 4.31 Å². The van der Waals surface area contributed by atoms with Crippen LogP contribution < -0.4 is 33.2 Å². The molecule has 16 N–H and O–H groups in total. The number of nitrogens with zero attached hydrogens (tertiary/aromatic N) is 5. The number of nitrogens with two attached hydrogens (primary N) is 2. The minimum atomic E-state index is -5.58. The number of fused-ring (bicyclic) bond motifs is 1. The predicted octanol–water partition coefficient (Wildman–Crippen LogP) is -2.63. The molecule has 28 nitrogen and oxygen atoms in total. The zero-order chi connectivity index (χ0) is 46.5. The molecule has 0 spiro atoms. The van der Waals surface area contributed by atoms with Crippen LogP contribution >= 0.6 is 35.2 Å². The molecule has 0 aliphatic carbocycles. The number of aromatic nitrogens is 4. The monoisotopic (exact) mass is 966 g/mol. The summed E-state index contributed by atoms with van der Waals surface area (Å²) in [4.78, 5) is 92.4. The summed E-state index contributed by atoms with van der Waals surface area (Å²) in [5, 5.41) is 29.3. The molecule has 8 unspecified atom stereocenters. The summed E-state index contributed by atoms with van der Waals surface area (Å²) >= 11 is 1.02. The molecule has 2 aromatic heterocycles. The van der Waals surface area contributed by atoms with Crippen LogP contribution in [0.2, 0.25) is 0 Å². The van der Waals surface area contributed by atoms with Crippen LogP contribution in [0.3, 0.4) is 0 Å². The Bertz CT molecular complexity index is 2010. The number of thioether (sulfide) groups is 1. The number of anilines is 1. The van der Waals surface area contributed by atoms with Crippen molar-refractivity contribution in [1.29, 1.82) is 0 Å². The highest BCUT2D eigenvalue weighted by atomic mass is 32.2. The Hall–Kier alpha value is -3.21. The van der Waals surface area contributed by atoms with Gasteiger partial charge in [-0.1, -0.05) is 32.5 Å². The maximum absolute atomic E-state index is 12.7. The number of rotatable bonds is 26. The second-order valence-electron chi connectivity index (χ2n) is 14.3. The van der Waals surface area contributed by atoms with Gasteiger partial charge in [-0.3, -0.25) is 37.5 Å². The summed E-state index contributed by atoms with van der Waals surface area (Å²) in [5.74, 6) is -0.867. The van der Waals surface area contributed by atoms with E-state index in [4.69, 9.17) is 25.3 Å². The lowest BCUT2D eigenvalue weighted by molar-refractivity contribution is -0.402. The number of aliphatic imine (C=N–C) groups is 1. The zero-order valence-corrected chi connectivity index (χ0v) is 37.4. The maximum Gasteiger partial charge on any atom is 0.481 e. The predicted molar refractivity (Wildman–Crippen MR) is 218 cm³/mol. The largest absolute Gasteiger partial charge is 0.481 e. The van der Waals surface area contributed by atoms with Crippen LogP contribution in [0.1, 0.15) is 52.7 Å². The molecule has 1 fully saturated rings. The summed E-state index contributed by atoms with van der Waals surface area (Å²) in [7, 11) is -16.4. The van der Waals surface area contributed by atoms with E-state index in [0.717, 1.165) is 35.4 Å². The summed E-state index contributed by atoms with van der Waals surface area (Å²) < 4.78 is 62.3. The van der Waals surface area contributed by atoms with Crippen molar-refractivity contribution < 1.29 is 86.2 Å². The highest BCUT2D eigenvalue weighted by Crippen LogP contribution is 2.61. The number of aliphatic hydroxyl groups excluding tert-OH is 2. The van der Waals surface area contributed by atoms with Crippen molar-refractivity contribution in [3.63, 3.8) is 0 Å². The van der Waals surface area contributed by atoms with Crippen LogP contribution in [0.25, 0.3) is 11.2 Å². The van der Waals surface area contributed by atoms with Crippen LogP contribution in [0.4, 0.5) is 5.82 Å². The first-order chi connectivity index (χ1) is 28.9. The minimum absolute atomic E-state index is 0.0260.